The molecule has 0 aromatic rings. The molecule has 1 aliphatic heterocycles. The van der Waals surface area contributed by atoms with Crippen molar-refractivity contribution in [1.82, 2.24) is 0 Å². The first-order valence-electron chi connectivity index (χ1n) is 14.1. The van der Waals surface area contributed by atoms with Gasteiger partial charge in [0, 0.05) is 0 Å². The highest BCUT2D eigenvalue weighted by Crippen LogP contribution is 2.67. The highest BCUT2D eigenvalue weighted by Gasteiger charge is 2.63. The number of rotatable bonds is 6. The fourth-order valence-electron chi connectivity index (χ4n) is 9.37. The summed E-state index contributed by atoms with van der Waals surface area (Å²) in [5.74, 6) is 2.73. The Morgan fingerprint density at radius 1 is 1.03 bits per heavy atom. The molecule has 0 spiro atoms. The van der Waals surface area contributed by atoms with Crippen molar-refractivity contribution in [3.05, 3.63) is 11.6 Å². The molecule has 1 heterocycles. The van der Waals surface area contributed by atoms with Gasteiger partial charge in [-0.2, -0.15) is 8.42 Å². The summed E-state index contributed by atoms with van der Waals surface area (Å²) in [6, 6.07) is 0. The number of aliphatic hydroxyl groups is 2. The maximum atomic E-state index is 11.6. The van der Waals surface area contributed by atoms with Gasteiger partial charge in [-0.3, -0.25) is 4.55 Å². The molecule has 5 rings (SSSR count). The zero-order valence-corrected chi connectivity index (χ0v) is 23.4. The predicted molar refractivity (Wildman–Crippen MR) is 136 cm³/mol. The van der Waals surface area contributed by atoms with Crippen molar-refractivity contribution in [2.24, 2.45) is 52.3 Å². The summed E-state index contributed by atoms with van der Waals surface area (Å²) >= 11 is 0. The molecule has 0 aromatic heterocycles. The molecular weight excluding hydrogens is 480 g/mol. The summed E-state index contributed by atoms with van der Waals surface area (Å²) in [5.41, 5.74) is 1.27. The third-order valence-corrected chi connectivity index (χ3v) is 12.2. The van der Waals surface area contributed by atoms with Crippen LogP contribution in [0, 0.1) is 52.3 Å². The number of hydrogen-bond acceptors (Lipinski definition) is 6. The molecular formula is C28H46O7S. The van der Waals surface area contributed by atoms with Gasteiger partial charge in [-0.25, -0.2) is 4.18 Å². The topological polar surface area (TPSA) is 117 Å². The first-order valence-corrected chi connectivity index (χ1v) is 15.4. The molecule has 0 bridgehead atoms. The second-order valence-electron chi connectivity index (χ2n) is 13.7. The van der Waals surface area contributed by atoms with Gasteiger partial charge in [-0.1, -0.05) is 53.2 Å². The molecule has 3 saturated carbocycles. The van der Waals surface area contributed by atoms with Crippen LogP contribution in [0.15, 0.2) is 11.6 Å². The Bertz CT molecular complexity index is 994. The molecule has 1 unspecified atom stereocenters. The first-order chi connectivity index (χ1) is 16.7. The Morgan fingerprint density at radius 2 is 1.69 bits per heavy atom. The second-order valence-corrected chi connectivity index (χ2v) is 14.7. The zero-order chi connectivity index (χ0) is 26.4. The number of hydrogen-bond donors (Lipinski definition) is 3. The number of epoxide rings is 1. The van der Waals surface area contributed by atoms with Crippen molar-refractivity contribution in [3.63, 3.8) is 0 Å². The molecule has 1 saturated heterocycles. The van der Waals surface area contributed by atoms with Gasteiger partial charge in [0.15, 0.2) is 0 Å². The lowest BCUT2D eigenvalue weighted by atomic mass is 9.47. The molecule has 8 heteroatoms. The van der Waals surface area contributed by atoms with Gasteiger partial charge in [0.05, 0.1) is 18.3 Å². The third kappa shape index (κ3) is 4.22. The van der Waals surface area contributed by atoms with Crippen LogP contribution < -0.4 is 0 Å². The lowest BCUT2D eigenvalue weighted by Crippen LogP contribution is -2.60. The third-order valence-electron chi connectivity index (χ3n) is 11.7. The minimum atomic E-state index is -4.75. The molecule has 0 radical (unpaired) electrons. The highest BCUT2D eigenvalue weighted by atomic mass is 32.3. The summed E-state index contributed by atoms with van der Waals surface area (Å²) in [6.45, 7) is 13.9. The van der Waals surface area contributed by atoms with Crippen molar-refractivity contribution < 1.29 is 32.1 Å². The average molecular weight is 527 g/mol. The molecule has 4 fully saturated rings. The van der Waals surface area contributed by atoms with Crippen LogP contribution in [-0.4, -0.2) is 53.7 Å². The Hall–Kier alpha value is -0.510. The molecule has 4 aliphatic carbocycles. The van der Waals surface area contributed by atoms with E-state index in [0.717, 1.165) is 19.3 Å². The first kappa shape index (κ1) is 27.1. The molecule has 3 N–H and O–H groups in total. The fourth-order valence-corrected chi connectivity index (χ4v) is 9.90. The SMILES string of the molecule is CC(C)[C@@H](C)[C@@H]1O[C@H]1[C@@H](C)[C@H]1CC[C@H]2C3=CCC4[C@H](OS(=O)(=O)O)[C@@H](O)[C@H](O)C[C@]4(C)[C@H]3CC[C@]12C. The number of aliphatic hydroxyl groups excluding tert-OH is 2. The normalized spacial score (nSPS) is 50.1. The van der Waals surface area contributed by atoms with Crippen LogP contribution >= 0.6 is 0 Å². The van der Waals surface area contributed by atoms with Gasteiger partial charge < -0.3 is 14.9 Å². The smallest absolute Gasteiger partial charge is 0.390 e. The van der Waals surface area contributed by atoms with Gasteiger partial charge in [-0.05, 0) is 90.8 Å². The van der Waals surface area contributed by atoms with Gasteiger partial charge >= 0.3 is 10.4 Å². The Kier molecular flexibility index (Phi) is 6.78. The Morgan fingerprint density at radius 3 is 2.33 bits per heavy atom. The second kappa shape index (κ2) is 9.02. The lowest BCUT2D eigenvalue weighted by Gasteiger charge is -2.59. The van der Waals surface area contributed by atoms with Crippen LogP contribution in [0.1, 0.15) is 80.1 Å². The van der Waals surface area contributed by atoms with Crippen LogP contribution in [0.2, 0.25) is 0 Å². The van der Waals surface area contributed by atoms with E-state index >= 15 is 0 Å². The zero-order valence-electron chi connectivity index (χ0n) is 22.6. The highest BCUT2D eigenvalue weighted by molar-refractivity contribution is 7.80. The molecule has 36 heavy (non-hydrogen) atoms. The molecule has 206 valence electrons. The van der Waals surface area contributed by atoms with E-state index in [-0.39, 0.29) is 17.3 Å². The minimum Gasteiger partial charge on any atom is -0.390 e. The van der Waals surface area contributed by atoms with Gasteiger partial charge in [0.2, 0.25) is 0 Å². The quantitative estimate of drug-likeness (QED) is 0.267. The predicted octanol–water partition coefficient (Wildman–Crippen LogP) is 4.39. The molecule has 13 atom stereocenters. The van der Waals surface area contributed by atoms with Crippen molar-refractivity contribution in [3.8, 4) is 0 Å². The van der Waals surface area contributed by atoms with E-state index in [9.17, 15) is 23.2 Å². The fraction of sp³-hybridized carbons (Fsp3) is 0.929. The van der Waals surface area contributed by atoms with E-state index in [1.54, 1.807) is 0 Å². The molecule has 7 nitrogen and oxygen atoms in total. The standard InChI is InChI=1S/C28H46O7S/c1-14(2)15(3)24-25(34-24)16(4)18-9-10-19-17-7-8-21-26(35-36(31,32)33)23(30)22(29)13-28(21,6)20(17)11-12-27(18,19)5/h7,14-16,18-26,29-30H,8-13H2,1-6H3,(H,31,32,33)/t15-,16+,18-,19+,20+,21?,22-,23+,24+,25+,26+,27-,28-/m1/s1. The van der Waals surface area contributed by atoms with Crippen LogP contribution in [0.4, 0.5) is 0 Å². The van der Waals surface area contributed by atoms with Gasteiger partial charge in [-0.15, -0.1) is 0 Å². The maximum absolute atomic E-state index is 11.6. The number of allylic oxidation sites excluding steroid dienone is 2. The van der Waals surface area contributed by atoms with Crippen molar-refractivity contribution in [2.75, 3.05) is 0 Å². The summed E-state index contributed by atoms with van der Waals surface area (Å²) in [4.78, 5) is 0. The molecule has 5 aliphatic rings. The Balaban J connectivity index is 1.39. The Labute approximate surface area is 217 Å². The summed E-state index contributed by atoms with van der Waals surface area (Å²) in [6.07, 6.45) is 4.85. The van der Waals surface area contributed by atoms with Crippen LogP contribution in [0.25, 0.3) is 0 Å². The van der Waals surface area contributed by atoms with Crippen molar-refractivity contribution in [1.29, 1.82) is 0 Å². The van der Waals surface area contributed by atoms with E-state index in [1.165, 1.54) is 12.0 Å². The monoisotopic (exact) mass is 526 g/mol. The van der Waals surface area contributed by atoms with Crippen molar-refractivity contribution in [2.45, 2.75) is 111 Å². The average Bonchev–Trinajstić information content (AvgIpc) is 3.49. The van der Waals surface area contributed by atoms with Crippen LogP contribution in [-0.2, 0) is 19.3 Å². The largest absolute Gasteiger partial charge is 0.397 e. The van der Waals surface area contributed by atoms with Crippen molar-refractivity contribution >= 4 is 10.4 Å². The van der Waals surface area contributed by atoms with E-state index in [1.807, 2.05) is 0 Å². The molecule has 0 amide bonds. The lowest BCUT2D eigenvalue weighted by molar-refractivity contribution is -0.165. The number of ether oxygens (including phenoxy) is 1. The van der Waals surface area contributed by atoms with Gasteiger partial charge in [0.1, 0.15) is 12.2 Å². The van der Waals surface area contributed by atoms with E-state index in [4.69, 9.17) is 8.92 Å². The summed E-state index contributed by atoms with van der Waals surface area (Å²) in [7, 11) is -4.75. The van der Waals surface area contributed by atoms with E-state index in [2.05, 4.69) is 47.6 Å². The maximum Gasteiger partial charge on any atom is 0.397 e. The van der Waals surface area contributed by atoms with E-state index < -0.39 is 34.1 Å². The van der Waals surface area contributed by atoms with Gasteiger partial charge in [0.25, 0.3) is 0 Å². The molecule has 0 aromatic carbocycles. The van der Waals surface area contributed by atoms with Crippen LogP contribution in [0.5, 0.6) is 0 Å². The number of fused-ring (bicyclic) bond motifs is 5. The van der Waals surface area contributed by atoms with Crippen LogP contribution in [0.3, 0.4) is 0 Å². The summed E-state index contributed by atoms with van der Waals surface area (Å²) < 4.78 is 43.8. The minimum absolute atomic E-state index is 0.208. The van der Waals surface area contributed by atoms with E-state index in [0.29, 0.717) is 54.6 Å². The summed E-state index contributed by atoms with van der Waals surface area (Å²) in [5, 5.41) is 21.3.